The number of carbonyl (C=O) groups excluding carboxylic acids is 1. The number of hydrogen-bond donors (Lipinski definition) is 2. The van der Waals surface area contributed by atoms with E-state index in [0.29, 0.717) is 19.5 Å². The van der Waals surface area contributed by atoms with Gasteiger partial charge in [0.2, 0.25) is 5.91 Å². The van der Waals surface area contributed by atoms with Gasteiger partial charge in [0.05, 0.1) is 17.1 Å². The highest BCUT2D eigenvalue weighted by molar-refractivity contribution is 7.09. The Morgan fingerprint density at radius 2 is 2.05 bits per heavy atom. The fourth-order valence-electron chi connectivity index (χ4n) is 2.01. The van der Waals surface area contributed by atoms with E-state index >= 15 is 0 Å². The van der Waals surface area contributed by atoms with Gasteiger partial charge < -0.3 is 16.0 Å². The molecule has 0 radical (unpaired) electrons. The third-order valence-electron chi connectivity index (χ3n) is 3.24. The molecular weight excluding hydrogens is 296 g/mol. The summed E-state index contributed by atoms with van der Waals surface area (Å²) < 4.78 is 0. The first-order valence-electron chi connectivity index (χ1n) is 7.25. The Bertz CT molecular complexity index is 607. The molecule has 0 fully saturated rings. The average Bonchev–Trinajstić information content (AvgIpc) is 2.93. The lowest BCUT2D eigenvalue weighted by Crippen LogP contribution is -2.24. The minimum absolute atomic E-state index is 0.0127. The van der Waals surface area contributed by atoms with E-state index in [1.165, 1.54) is 0 Å². The second-order valence-corrected chi connectivity index (χ2v) is 6.23. The Morgan fingerprint density at radius 3 is 2.68 bits per heavy atom. The lowest BCUT2D eigenvalue weighted by molar-refractivity contribution is -0.120. The van der Waals surface area contributed by atoms with Crippen molar-refractivity contribution < 1.29 is 4.79 Å². The summed E-state index contributed by atoms with van der Waals surface area (Å²) in [7, 11) is 4.01. The van der Waals surface area contributed by atoms with Crippen molar-refractivity contribution in [3.8, 4) is 0 Å². The number of benzene rings is 1. The van der Waals surface area contributed by atoms with Gasteiger partial charge >= 0.3 is 0 Å². The Hall–Kier alpha value is -1.92. The molecule has 1 aromatic carbocycles. The van der Waals surface area contributed by atoms with Crippen LogP contribution in [-0.4, -0.2) is 31.5 Å². The van der Waals surface area contributed by atoms with Crippen LogP contribution in [0.15, 0.2) is 29.6 Å². The quantitative estimate of drug-likeness (QED) is 0.813. The number of hydrogen-bond acceptors (Lipinski definition) is 5. The SMILES string of the molecule is CN(C)c1ccc(CNC(=O)Cc2csc(CCN)n2)cc1. The van der Waals surface area contributed by atoms with E-state index in [9.17, 15) is 4.79 Å². The number of nitrogens with two attached hydrogens (primary N) is 1. The summed E-state index contributed by atoms with van der Waals surface area (Å²) in [5.41, 5.74) is 8.54. The summed E-state index contributed by atoms with van der Waals surface area (Å²) in [6.45, 7) is 1.12. The lowest BCUT2D eigenvalue weighted by atomic mass is 10.2. The molecule has 22 heavy (non-hydrogen) atoms. The minimum Gasteiger partial charge on any atom is -0.378 e. The third-order valence-corrected chi connectivity index (χ3v) is 4.20. The molecule has 0 aliphatic carbocycles. The summed E-state index contributed by atoms with van der Waals surface area (Å²) in [5.74, 6) is -0.0127. The summed E-state index contributed by atoms with van der Waals surface area (Å²) >= 11 is 1.56. The van der Waals surface area contributed by atoms with Crippen molar-refractivity contribution in [2.45, 2.75) is 19.4 Å². The Labute approximate surface area is 135 Å². The van der Waals surface area contributed by atoms with Crippen molar-refractivity contribution >= 4 is 22.9 Å². The second kappa shape index (κ2) is 7.91. The monoisotopic (exact) mass is 318 g/mol. The highest BCUT2D eigenvalue weighted by Gasteiger charge is 2.07. The molecule has 1 aromatic heterocycles. The number of nitrogens with zero attached hydrogens (tertiary/aromatic N) is 2. The molecule has 0 saturated heterocycles. The van der Waals surface area contributed by atoms with Crippen LogP contribution in [0.5, 0.6) is 0 Å². The zero-order valence-corrected chi connectivity index (χ0v) is 13.8. The first-order chi connectivity index (χ1) is 10.6. The molecule has 2 aromatic rings. The molecule has 0 bridgehead atoms. The van der Waals surface area contributed by atoms with Crippen LogP contribution in [0, 0.1) is 0 Å². The Kier molecular flexibility index (Phi) is 5.91. The van der Waals surface area contributed by atoms with Gasteiger partial charge in [0, 0.05) is 38.1 Å². The van der Waals surface area contributed by atoms with Crippen LogP contribution >= 0.6 is 11.3 Å². The van der Waals surface area contributed by atoms with Crippen LogP contribution in [0.25, 0.3) is 0 Å². The fraction of sp³-hybridized carbons (Fsp3) is 0.375. The van der Waals surface area contributed by atoms with Crippen molar-refractivity contribution in [1.29, 1.82) is 0 Å². The van der Waals surface area contributed by atoms with Crippen LogP contribution in [0.1, 0.15) is 16.3 Å². The van der Waals surface area contributed by atoms with Gasteiger partial charge in [0.25, 0.3) is 0 Å². The normalized spacial score (nSPS) is 10.5. The molecule has 0 unspecified atom stereocenters. The number of rotatable bonds is 7. The van der Waals surface area contributed by atoms with Gasteiger partial charge in [-0.3, -0.25) is 4.79 Å². The Balaban J connectivity index is 1.81. The highest BCUT2D eigenvalue weighted by atomic mass is 32.1. The van der Waals surface area contributed by atoms with Gasteiger partial charge in [0.1, 0.15) is 0 Å². The van der Waals surface area contributed by atoms with Gasteiger partial charge in [-0.05, 0) is 24.2 Å². The van der Waals surface area contributed by atoms with Crippen LogP contribution in [0.3, 0.4) is 0 Å². The molecule has 0 aliphatic rings. The lowest BCUT2D eigenvalue weighted by Gasteiger charge is -2.12. The maximum atomic E-state index is 11.9. The van der Waals surface area contributed by atoms with E-state index in [2.05, 4.69) is 10.3 Å². The van der Waals surface area contributed by atoms with Crippen LogP contribution < -0.4 is 16.0 Å². The van der Waals surface area contributed by atoms with Gasteiger partial charge in [-0.25, -0.2) is 4.98 Å². The molecule has 118 valence electrons. The van der Waals surface area contributed by atoms with E-state index in [1.54, 1.807) is 11.3 Å². The van der Waals surface area contributed by atoms with Crippen molar-refractivity contribution in [2.75, 3.05) is 25.5 Å². The van der Waals surface area contributed by atoms with Gasteiger partial charge in [-0.1, -0.05) is 12.1 Å². The maximum Gasteiger partial charge on any atom is 0.226 e. The predicted molar refractivity (Wildman–Crippen MR) is 91.2 cm³/mol. The third kappa shape index (κ3) is 4.82. The van der Waals surface area contributed by atoms with Crippen LogP contribution in [0.2, 0.25) is 0 Å². The van der Waals surface area contributed by atoms with Crippen molar-refractivity contribution in [2.24, 2.45) is 5.73 Å². The number of thiazole rings is 1. The average molecular weight is 318 g/mol. The molecular formula is C16H22N4OS. The summed E-state index contributed by atoms with van der Waals surface area (Å²) in [6, 6.07) is 8.14. The van der Waals surface area contributed by atoms with E-state index in [1.807, 2.05) is 48.6 Å². The van der Waals surface area contributed by atoms with Crippen molar-refractivity contribution in [3.05, 3.63) is 45.9 Å². The van der Waals surface area contributed by atoms with E-state index < -0.39 is 0 Å². The number of anilines is 1. The fourth-order valence-corrected chi connectivity index (χ4v) is 2.82. The molecule has 0 aliphatic heterocycles. The van der Waals surface area contributed by atoms with Crippen molar-refractivity contribution in [1.82, 2.24) is 10.3 Å². The number of aromatic nitrogens is 1. The molecule has 1 amide bonds. The number of carbonyl (C=O) groups is 1. The zero-order valence-electron chi connectivity index (χ0n) is 13.0. The molecule has 0 saturated carbocycles. The maximum absolute atomic E-state index is 11.9. The second-order valence-electron chi connectivity index (χ2n) is 5.29. The molecule has 6 heteroatoms. The van der Waals surface area contributed by atoms with Crippen LogP contribution in [0.4, 0.5) is 5.69 Å². The summed E-state index contributed by atoms with van der Waals surface area (Å²) in [6.07, 6.45) is 1.08. The molecule has 0 spiro atoms. The standard InChI is InChI=1S/C16H22N4OS/c1-20(2)14-5-3-12(4-6-14)10-18-15(21)9-13-11-22-16(19-13)7-8-17/h3-6,11H,7-10,17H2,1-2H3,(H,18,21). The number of nitrogens with one attached hydrogen (secondary N) is 1. The zero-order chi connectivity index (χ0) is 15.9. The summed E-state index contributed by atoms with van der Waals surface area (Å²) in [4.78, 5) is 18.4. The number of amides is 1. The Morgan fingerprint density at radius 1 is 1.32 bits per heavy atom. The molecule has 5 nitrogen and oxygen atoms in total. The highest BCUT2D eigenvalue weighted by Crippen LogP contribution is 2.13. The first-order valence-corrected chi connectivity index (χ1v) is 8.12. The minimum atomic E-state index is -0.0127. The predicted octanol–water partition coefficient (Wildman–Crippen LogP) is 1.57. The van der Waals surface area contributed by atoms with Gasteiger partial charge in [0.15, 0.2) is 0 Å². The molecule has 3 N–H and O–H groups in total. The van der Waals surface area contributed by atoms with Crippen molar-refractivity contribution in [3.63, 3.8) is 0 Å². The van der Waals surface area contributed by atoms with Gasteiger partial charge in [-0.15, -0.1) is 11.3 Å². The van der Waals surface area contributed by atoms with Crippen LogP contribution in [-0.2, 0) is 24.2 Å². The van der Waals surface area contributed by atoms with Gasteiger partial charge in [-0.2, -0.15) is 0 Å². The molecule has 1 heterocycles. The summed E-state index contributed by atoms with van der Waals surface area (Å²) in [5, 5.41) is 5.84. The van der Waals surface area contributed by atoms with E-state index in [0.717, 1.165) is 28.4 Å². The first kappa shape index (κ1) is 16.5. The van der Waals surface area contributed by atoms with E-state index in [-0.39, 0.29) is 5.91 Å². The van der Waals surface area contributed by atoms with E-state index in [4.69, 9.17) is 5.73 Å². The largest absolute Gasteiger partial charge is 0.378 e. The topological polar surface area (TPSA) is 71.2 Å². The smallest absolute Gasteiger partial charge is 0.226 e. The molecule has 2 rings (SSSR count). The molecule has 0 atom stereocenters.